The molecule has 28 heavy (non-hydrogen) atoms. The van der Waals surface area contributed by atoms with Crippen LogP contribution in [-0.2, 0) is 6.18 Å². The summed E-state index contributed by atoms with van der Waals surface area (Å²) < 4.78 is 73.7. The van der Waals surface area contributed by atoms with Gasteiger partial charge in [-0.1, -0.05) is 23.4 Å². The van der Waals surface area contributed by atoms with Crippen LogP contribution in [-0.4, -0.2) is 14.9 Å². The van der Waals surface area contributed by atoms with Gasteiger partial charge in [-0.05, 0) is 30.3 Å². The fourth-order valence-corrected chi connectivity index (χ4v) is 2.79. The first-order valence-corrected chi connectivity index (χ1v) is 7.97. The summed E-state index contributed by atoms with van der Waals surface area (Å²) in [6.07, 6.45) is -3.84. The molecule has 0 saturated heterocycles. The third kappa shape index (κ3) is 3.26. The van der Waals surface area contributed by atoms with Crippen molar-refractivity contribution in [1.82, 2.24) is 14.9 Å². The number of aromatic nitrogens is 3. The second kappa shape index (κ2) is 6.59. The van der Waals surface area contributed by atoms with Gasteiger partial charge in [0, 0.05) is 11.6 Å². The van der Waals surface area contributed by atoms with Crippen LogP contribution in [0, 0.1) is 11.6 Å². The largest absolute Gasteiger partial charge is 0.434 e. The van der Waals surface area contributed by atoms with Crippen LogP contribution in [0.25, 0.3) is 28.3 Å². The minimum Gasteiger partial charge on any atom is -0.356 e. The van der Waals surface area contributed by atoms with Crippen LogP contribution in [0.2, 0.25) is 0 Å². The van der Waals surface area contributed by atoms with Crippen LogP contribution < -0.4 is 0 Å². The first-order valence-electron chi connectivity index (χ1n) is 7.97. The van der Waals surface area contributed by atoms with E-state index in [1.165, 1.54) is 36.4 Å². The van der Waals surface area contributed by atoms with Gasteiger partial charge in [0.25, 0.3) is 0 Å². The van der Waals surface area contributed by atoms with E-state index < -0.39 is 23.5 Å². The molecule has 0 aliphatic heterocycles. The van der Waals surface area contributed by atoms with Crippen LogP contribution in [0.1, 0.15) is 5.69 Å². The lowest BCUT2D eigenvalue weighted by atomic mass is 10.1. The monoisotopic (exact) mass is 391 g/mol. The molecule has 0 aliphatic rings. The number of hydrogen-bond donors (Lipinski definition) is 0. The smallest absolute Gasteiger partial charge is 0.356 e. The van der Waals surface area contributed by atoms with E-state index in [-0.39, 0.29) is 22.7 Å². The molecule has 142 valence electrons. The molecule has 0 aliphatic carbocycles. The predicted octanol–water partition coefficient (Wildman–Crippen LogP) is 5.49. The zero-order valence-corrected chi connectivity index (χ0v) is 13.9. The van der Waals surface area contributed by atoms with E-state index in [1.54, 1.807) is 6.07 Å². The fourth-order valence-electron chi connectivity index (χ4n) is 2.79. The Morgan fingerprint density at radius 3 is 2.29 bits per heavy atom. The summed E-state index contributed by atoms with van der Waals surface area (Å²) in [7, 11) is 0. The van der Waals surface area contributed by atoms with Crippen LogP contribution >= 0.6 is 0 Å². The van der Waals surface area contributed by atoms with Crippen molar-refractivity contribution in [3.05, 3.63) is 78.1 Å². The standard InChI is InChI=1S/C19H10F5N3O/c20-12-4-1-3-11(7-12)16-9-17(28-26-16)15-10-25-27(18(15)19(22,23)24)14-6-2-5-13(21)8-14/h1-10H. The highest BCUT2D eigenvalue weighted by molar-refractivity contribution is 5.68. The molecule has 0 N–H and O–H groups in total. The number of nitrogens with zero attached hydrogens (tertiary/aromatic N) is 3. The Bertz CT molecular complexity index is 1150. The predicted molar refractivity (Wildman–Crippen MR) is 89.4 cm³/mol. The second-order valence-electron chi connectivity index (χ2n) is 5.88. The minimum atomic E-state index is -4.80. The lowest BCUT2D eigenvalue weighted by molar-refractivity contribution is -0.142. The summed E-state index contributed by atoms with van der Waals surface area (Å²) in [5.74, 6) is -1.41. The van der Waals surface area contributed by atoms with Gasteiger partial charge < -0.3 is 4.52 Å². The lowest BCUT2D eigenvalue weighted by Crippen LogP contribution is -2.14. The maximum absolute atomic E-state index is 13.7. The topological polar surface area (TPSA) is 43.9 Å². The zero-order chi connectivity index (χ0) is 19.9. The third-order valence-corrected chi connectivity index (χ3v) is 3.99. The van der Waals surface area contributed by atoms with Crippen molar-refractivity contribution in [2.24, 2.45) is 0 Å². The van der Waals surface area contributed by atoms with Gasteiger partial charge in [0.2, 0.25) is 0 Å². The molecular formula is C19H10F5N3O. The van der Waals surface area contributed by atoms with Crippen molar-refractivity contribution in [3.8, 4) is 28.3 Å². The molecule has 9 heteroatoms. The molecule has 0 bridgehead atoms. The summed E-state index contributed by atoms with van der Waals surface area (Å²) in [6.45, 7) is 0. The summed E-state index contributed by atoms with van der Waals surface area (Å²) >= 11 is 0. The molecular weight excluding hydrogens is 381 g/mol. The number of hydrogen-bond acceptors (Lipinski definition) is 3. The van der Waals surface area contributed by atoms with Gasteiger partial charge in [0.05, 0.1) is 17.4 Å². The van der Waals surface area contributed by atoms with Gasteiger partial charge in [-0.25, -0.2) is 13.5 Å². The molecule has 4 aromatic rings. The Hall–Kier alpha value is -3.49. The highest BCUT2D eigenvalue weighted by atomic mass is 19.4. The SMILES string of the molecule is Fc1cccc(-c2cc(-c3cnn(-c4cccc(F)c4)c3C(F)(F)F)on2)c1. The molecule has 0 amide bonds. The summed E-state index contributed by atoms with van der Waals surface area (Å²) in [6, 6.07) is 11.3. The average molecular weight is 391 g/mol. The maximum Gasteiger partial charge on any atom is 0.434 e. The van der Waals surface area contributed by atoms with Gasteiger partial charge in [-0.15, -0.1) is 0 Å². The minimum absolute atomic E-state index is 0.0940. The Balaban J connectivity index is 1.83. The number of rotatable bonds is 3. The molecule has 0 spiro atoms. The summed E-state index contributed by atoms with van der Waals surface area (Å²) in [4.78, 5) is 0. The average Bonchev–Trinajstić information content (AvgIpc) is 3.28. The molecule has 2 heterocycles. The Kier molecular flexibility index (Phi) is 4.21. The molecule has 0 saturated carbocycles. The molecule has 4 rings (SSSR count). The summed E-state index contributed by atoms with van der Waals surface area (Å²) in [5.41, 5.74) is -1.09. The van der Waals surface area contributed by atoms with E-state index in [0.717, 1.165) is 18.3 Å². The normalized spacial score (nSPS) is 11.8. The van der Waals surface area contributed by atoms with Crippen LogP contribution in [0.4, 0.5) is 22.0 Å². The van der Waals surface area contributed by atoms with Crippen LogP contribution in [0.3, 0.4) is 0 Å². The van der Waals surface area contributed by atoms with Gasteiger partial charge in [-0.3, -0.25) is 0 Å². The Morgan fingerprint density at radius 1 is 0.893 bits per heavy atom. The lowest BCUT2D eigenvalue weighted by Gasteiger charge is -2.11. The molecule has 0 fully saturated rings. The van der Waals surface area contributed by atoms with Crippen molar-refractivity contribution in [1.29, 1.82) is 0 Å². The van der Waals surface area contributed by atoms with Crippen molar-refractivity contribution >= 4 is 0 Å². The highest BCUT2D eigenvalue weighted by Crippen LogP contribution is 2.39. The van der Waals surface area contributed by atoms with Crippen molar-refractivity contribution in [2.45, 2.75) is 6.18 Å². The van der Waals surface area contributed by atoms with Gasteiger partial charge in [0.15, 0.2) is 11.5 Å². The van der Waals surface area contributed by atoms with Gasteiger partial charge in [-0.2, -0.15) is 18.3 Å². The van der Waals surface area contributed by atoms with Crippen molar-refractivity contribution in [2.75, 3.05) is 0 Å². The second-order valence-corrected chi connectivity index (χ2v) is 5.88. The maximum atomic E-state index is 13.7. The van der Waals surface area contributed by atoms with Crippen molar-refractivity contribution < 1.29 is 26.5 Å². The number of benzene rings is 2. The first-order chi connectivity index (χ1) is 13.3. The zero-order valence-electron chi connectivity index (χ0n) is 13.9. The number of halogens is 5. The van der Waals surface area contributed by atoms with E-state index in [0.29, 0.717) is 10.2 Å². The molecule has 0 radical (unpaired) electrons. The van der Waals surface area contributed by atoms with E-state index in [2.05, 4.69) is 10.3 Å². The molecule has 0 atom stereocenters. The number of alkyl halides is 3. The third-order valence-electron chi connectivity index (χ3n) is 3.99. The molecule has 2 aromatic carbocycles. The van der Waals surface area contributed by atoms with E-state index in [9.17, 15) is 22.0 Å². The van der Waals surface area contributed by atoms with Gasteiger partial charge in [0.1, 0.15) is 17.3 Å². The first kappa shape index (κ1) is 17.9. The van der Waals surface area contributed by atoms with Crippen molar-refractivity contribution in [3.63, 3.8) is 0 Å². The Morgan fingerprint density at radius 2 is 1.61 bits per heavy atom. The van der Waals surface area contributed by atoms with Crippen LogP contribution in [0.5, 0.6) is 0 Å². The quantitative estimate of drug-likeness (QED) is 0.434. The molecule has 4 nitrogen and oxygen atoms in total. The van der Waals surface area contributed by atoms with Gasteiger partial charge >= 0.3 is 6.18 Å². The fraction of sp³-hybridized carbons (Fsp3) is 0.0526. The van der Waals surface area contributed by atoms with E-state index >= 15 is 0 Å². The van der Waals surface area contributed by atoms with E-state index in [1.807, 2.05) is 0 Å². The molecule has 2 aromatic heterocycles. The summed E-state index contributed by atoms with van der Waals surface area (Å²) in [5, 5.41) is 7.47. The van der Waals surface area contributed by atoms with E-state index in [4.69, 9.17) is 4.52 Å². The van der Waals surface area contributed by atoms with Crippen LogP contribution in [0.15, 0.2) is 65.3 Å². The Labute approximate surface area is 154 Å². The highest BCUT2D eigenvalue weighted by Gasteiger charge is 2.40. The molecule has 0 unspecified atom stereocenters.